The van der Waals surface area contributed by atoms with Gasteiger partial charge in [0.2, 0.25) is 0 Å². The van der Waals surface area contributed by atoms with Crippen LogP contribution in [0, 0.1) is 0 Å². The number of carbonyl (C=O) groups is 1. The highest BCUT2D eigenvalue weighted by Gasteiger charge is 2.17. The van der Waals surface area contributed by atoms with Crippen LogP contribution >= 0.6 is 0 Å². The van der Waals surface area contributed by atoms with E-state index in [1.54, 1.807) is 0 Å². The van der Waals surface area contributed by atoms with Crippen LogP contribution in [0.5, 0.6) is 0 Å². The Morgan fingerprint density at radius 2 is 2.00 bits per heavy atom. The molecule has 1 rings (SSSR count). The van der Waals surface area contributed by atoms with Crippen molar-refractivity contribution in [2.75, 3.05) is 6.79 Å². The minimum absolute atomic E-state index is 0.00204. The number of hydrogen-bond acceptors (Lipinski definition) is 4. The second kappa shape index (κ2) is 4.98. The van der Waals surface area contributed by atoms with E-state index < -0.39 is 12.9 Å². The highest BCUT2D eigenvalue weighted by Crippen LogP contribution is 2.20. The van der Waals surface area contributed by atoms with Crippen molar-refractivity contribution >= 4 is 6.16 Å². The van der Waals surface area contributed by atoms with Gasteiger partial charge < -0.3 is 14.6 Å². The molecule has 0 atom stereocenters. The van der Waals surface area contributed by atoms with Crippen LogP contribution in [0.15, 0.2) is 0 Å². The number of carbonyl (C=O) groups excluding carboxylic acids is 1. The van der Waals surface area contributed by atoms with E-state index in [9.17, 15) is 4.79 Å². The fraction of sp³-hybridized carbons (Fsp3) is 0.875. The SMILES string of the molecule is O=C(OCO)OC1CCCCC1. The topological polar surface area (TPSA) is 55.8 Å². The van der Waals surface area contributed by atoms with E-state index in [1.165, 1.54) is 6.42 Å². The van der Waals surface area contributed by atoms with Crippen molar-refractivity contribution in [1.82, 2.24) is 0 Å². The summed E-state index contributed by atoms with van der Waals surface area (Å²) in [5, 5.41) is 8.24. The third kappa shape index (κ3) is 3.09. The molecule has 1 fully saturated rings. The van der Waals surface area contributed by atoms with Crippen LogP contribution in [0.1, 0.15) is 32.1 Å². The van der Waals surface area contributed by atoms with E-state index in [4.69, 9.17) is 9.84 Å². The van der Waals surface area contributed by atoms with Crippen molar-refractivity contribution in [3.63, 3.8) is 0 Å². The van der Waals surface area contributed by atoms with Crippen LogP contribution in [0.3, 0.4) is 0 Å². The van der Waals surface area contributed by atoms with Gasteiger partial charge in [0, 0.05) is 0 Å². The number of aliphatic hydroxyl groups is 1. The van der Waals surface area contributed by atoms with Gasteiger partial charge in [0.1, 0.15) is 6.10 Å². The van der Waals surface area contributed by atoms with Crippen LogP contribution < -0.4 is 0 Å². The first-order valence-electron chi connectivity index (χ1n) is 4.27. The molecule has 0 spiro atoms. The van der Waals surface area contributed by atoms with E-state index >= 15 is 0 Å². The molecule has 0 aliphatic heterocycles. The summed E-state index contributed by atoms with van der Waals surface area (Å²) >= 11 is 0. The van der Waals surface area contributed by atoms with Gasteiger partial charge in [-0.2, -0.15) is 0 Å². The molecule has 1 aliphatic rings. The molecule has 0 aromatic heterocycles. The van der Waals surface area contributed by atoms with E-state index in [-0.39, 0.29) is 6.10 Å². The Morgan fingerprint density at radius 1 is 1.33 bits per heavy atom. The lowest BCUT2D eigenvalue weighted by Crippen LogP contribution is -2.21. The van der Waals surface area contributed by atoms with Crippen LogP contribution in [-0.2, 0) is 9.47 Å². The lowest BCUT2D eigenvalue weighted by molar-refractivity contribution is -0.0300. The first kappa shape index (κ1) is 9.32. The second-order valence-corrected chi connectivity index (χ2v) is 2.90. The zero-order chi connectivity index (χ0) is 8.81. The Balaban J connectivity index is 2.15. The molecule has 0 amide bonds. The van der Waals surface area contributed by atoms with Crippen molar-refractivity contribution in [3.8, 4) is 0 Å². The monoisotopic (exact) mass is 174 g/mol. The van der Waals surface area contributed by atoms with Gasteiger partial charge in [0.05, 0.1) is 0 Å². The van der Waals surface area contributed by atoms with Crippen LogP contribution in [0.4, 0.5) is 4.79 Å². The molecular weight excluding hydrogens is 160 g/mol. The molecule has 0 saturated heterocycles. The van der Waals surface area contributed by atoms with Crippen LogP contribution in [-0.4, -0.2) is 24.2 Å². The molecule has 0 bridgehead atoms. The van der Waals surface area contributed by atoms with Crippen LogP contribution in [0.25, 0.3) is 0 Å². The van der Waals surface area contributed by atoms with E-state index in [1.807, 2.05) is 0 Å². The average molecular weight is 174 g/mol. The van der Waals surface area contributed by atoms with Crippen molar-refractivity contribution in [2.24, 2.45) is 0 Å². The van der Waals surface area contributed by atoms with Crippen molar-refractivity contribution in [3.05, 3.63) is 0 Å². The quantitative estimate of drug-likeness (QED) is 0.508. The lowest BCUT2D eigenvalue weighted by atomic mass is 9.98. The summed E-state index contributed by atoms with van der Waals surface area (Å²) in [4.78, 5) is 10.7. The minimum Gasteiger partial charge on any atom is -0.431 e. The molecule has 1 N–H and O–H groups in total. The molecule has 12 heavy (non-hydrogen) atoms. The van der Waals surface area contributed by atoms with E-state index in [2.05, 4.69) is 4.74 Å². The largest absolute Gasteiger partial charge is 0.510 e. The van der Waals surface area contributed by atoms with Crippen molar-refractivity contribution in [1.29, 1.82) is 0 Å². The first-order valence-corrected chi connectivity index (χ1v) is 4.27. The number of aliphatic hydroxyl groups excluding tert-OH is 1. The molecule has 1 aliphatic carbocycles. The van der Waals surface area contributed by atoms with Gasteiger partial charge in [-0.3, -0.25) is 0 Å². The average Bonchev–Trinajstić information content (AvgIpc) is 2.06. The molecule has 0 radical (unpaired) electrons. The summed E-state index contributed by atoms with van der Waals surface area (Å²) < 4.78 is 9.15. The third-order valence-electron chi connectivity index (χ3n) is 2.00. The first-order chi connectivity index (χ1) is 5.83. The van der Waals surface area contributed by atoms with Gasteiger partial charge in [-0.25, -0.2) is 4.79 Å². The number of ether oxygens (including phenoxy) is 2. The van der Waals surface area contributed by atoms with Gasteiger partial charge >= 0.3 is 6.16 Å². The highest BCUT2D eigenvalue weighted by molar-refractivity contribution is 5.59. The zero-order valence-electron chi connectivity index (χ0n) is 6.99. The fourth-order valence-electron chi connectivity index (χ4n) is 1.41. The predicted octanol–water partition coefficient (Wildman–Crippen LogP) is 1.42. The van der Waals surface area contributed by atoms with Gasteiger partial charge in [-0.05, 0) is 25.7 Å². The Morgan fingerprint density at radius 3 is 2.58 bits per heavy atom. The lowest BCUT2D eigenvalue weighted by Gasteiger charge is -2.20. The predicted molar refractivity (Wildman–Crippen MR) is 41.5 cm³/mol. The maximum absolute atomic E-state index is 10.7. The highest BCUT2D eigenvalue weighted by atomic mass is 16.8. The standard InChI is InChI=1S/C8H14O4/c9-6-11-8(10)12-7-4-2-1-3-5-7/h7,9H,1-6H2. The van der Waals surface area contributed by atoms with Gasteiger partial charge in [0.25, 0.3) is 0 Å². The molecule has 0 aromatic rings. The number of rotatable bonds is 2. The molecule has 0 unspecified atom stereocenters. The summed E-state index contributed by atoms with van der Waals surface area (Å²) in [6.07, 6.45) is 4.51. The summed E-state index contributed by atoms with van der Waals surface area (Å²) in [7, 11) is 0. The maximum Gasteiger partial charge on any atom is 0.510 e. The molecule has 0 aromatic carbocycles. The minimum atomic E-state index is -0.760. The normalized spacial score (nSPS) is 18.8. The van der Waals surface area contributed by atoms with Crippen LogP contribution in [0.2, 0.25) is 0 Å². The Labute approximate surface area is 71.5 Å². The van der Waals surface area contributed by atoms with Gasteiger partial charge in [0.15, 0.2) is 6.79 Å². The molecule has 4 nitrogen and oxygen atoms in total. The molecule has 70 valence electrons. The third-order valence-corrected chi connectivity index (χ3v) is 2.00. The smallest absolute Gasteiger partial charge is 0.431 e. The van der Waals surface area contributed by atoms with Crippen molar-refractivity contribution < 1.29 is 19.4 Å². The number of hydrogen-bond donors (Lipinski definition) is 1. The molecular formula is C8H14O4. The second-order valence-electron chi connectivity index (χ2n) is 2.90. The van der Waals surface area contributed by atoms with Crippen molar-refractivity contribution in [2.45, 2.75) is 38.2 Å². The summed E-state index contributed by atoms with van der Waals surface area (Å²) in [6, 6.07) is 0. The maximum atomic E-state index is 10.7. The molecule has 4 heteroatoms. The molecule has 0 heterocycles. The van der Waals surface area contributed by atoms with E-state index in [0.29, 0.717) is 0 Å². The van der Waals surface area contributed by atoms with Gasteiger partial charge in [-0.15, -0.1) is 0 Å². The van der Waals surface area contributed by atoms with Gasteiger partial charge in [-0.1, -0.05) is 6.42 Å². The zero-order valence-corrected chi connectivity index (χ0v) is 6.99. The summed E-state index contributed by atoms with van der Waals surface area (Å²) in [5.41, 5.74) is 0. The summed E-state index contributed by atoms with van der Waals surface area (Å²) in [6.45, 7) is -0.606. The fourth-order valence-corrected chi connectivity index (χ4v) is 1.41. The molecule has 1 saturated carbocycles. The Bertz CT molecular complexity index is 140. The van der Waals surface area contributed by atoms with E-state index in [0.717, 1.165) is 25.7 Å². The summed E-state index contributed by atoms with van der Waals surface area (Å²) in [5.74, 6) is 0. The Hall–Kier alpha value is -0.770. The Kier molecular flexibility index (Phi) is 3.87.